The van der Waals surface area contributed by atoms with Crippen molar-refractivity contribution in [1.82, 2.24) is 34.7 Å². The Morgan fingerprint density at radius 3 is 2.84 bits per heavy atom. The average Bonchev–Trinajstić information content (AvgIpc) is 3.27. The molecule has 1 aliphatic heterocycles. The summed E-state index contributed by atoms with van der Waals surface area (Å²) >= 11 is 0. The summed E-state index contributed by atoms with van der Waals surface area (Å²) in [6.45, 7) is 8.09. The number of anilines is 3. The van der Waals surface area contributed by atoms with E-state index in [1.807, 2.05) is 22.7 Å². The fraction of sp³-hybridized carbons (Fsp3) is 0.429. The van der Waals surface area contributed by atoms with Crippen molar-refractivity contribution >= 4 is 23.1 Å². The average molecular weight is 439 g/mol. The number of fused-ring (bicyclic) bond motifs is 1. The molecule has 5 rings (SSSR count). The fourth-order valence-corrected chi connectivity index (χ4v) is 3.96. The van der Waals surface area contributed by atoms with Crippen LogP contribution in [-0.2, 0) is 7.05 Å². The molecule has 11 heteroatoms. The van der Waals surface area contributed by atoms with Crippen molar-refractivity contribution in [2.24, 2.45) is 7.05 Å². The molecule has 0 aromatic carbocycles. The lowest BCUT2D eigenvalue weighted by Gasteiger charge is -2.18. The smallest absolute Gasteiger partial charge is 0.256 e. The predicted molar refractivity (Wildman–Crippen MR) is 119 cm³/mol. The zero-order chi connectivity index (χ0) is 22.4. The molecule has 4 heterocycles. The van der Waals surface area contributed by atoms with E-state index in [9.17, 15) is 4.39 Å². The van der Waals surface area contributed by atoms with Gasteiger partial charge in [-0.15, -0.1) is 10.2 Å². The van der Waals surface area contributed by atoms with Gasteiger partial charge >= 0.3 is 0 Å². The van der Waals surface area contributed by atoms with Gasteiger partial charge in [0.1, 0.15) is 11.9 Å². The van der Waals surface area contributed by atoms with Gasteiger partial charge in [-0.05, 0) is 18.9 Å². The third kappa shape index (κ3) is 3.63. The van der Waals surface area contributed by atoms with Crippen LogP contribution < -0.4 is 20.3 Å². The van der Waals surface area contributed by atoms with E-state index in [2.05, 4.69) is 33.9 Å². The van der Waals surface area contributed by atoms with Crippen molar-refractivity contribution in [3.8, 4) is 5.88 Å². The molecular formula is C21H26FN9O. The molecule has 168 valence electrons. The number of allylic oxidation sites excluding steroid dienone is 1. The summed E-state index contributed by atoms with van der Waals surface area (Å²) in [6, 6.07) is -0.416. The maximum Gasteiger partial charge on any atom is 0.256 e. The zero-order valence-corrected chi connectivity index (χ0v) is 18.1. The monoisotopic (exact) mass is 439 g/mol. The topological polar surface area (TPSA) is 97.4 Å². The number of halogens is 1. The molecule has 32 heavy (non-hydrogen) atoms. The molecule has 3 aromatic rings. The minimum atomic E-state index is -1.09. The number of imidazole rings is 1. The van der Waals surface area contributed by atoms with Crippen LogP contribution >= 0.6 is 0 Å². The molecule has 2 fully saturated rings. The Hall–Kier alpha value is -3.63. The lowest BCUT2D eigenvalue weighted by molar-refractivity contribution is 0.312. The summed E-state index contributed by atoms with van der Waals surface area (Å²) in [4.78, 5) is 11.1. The van der Waals surface area contributed by atoms with Crippen LogP contribution in [0.5, 0.6) is 5.88 Å². The first-order chi connectivity index (χ1) is 15.5. The largest absolute Gasteiger partial charge is 0.478 e. The van der Waals surface area contributed by atoms with E-state index < -0.39 is 12.2 Å². The first kappa shape index (κ1) is 20.3. The number of hydrogen-bond donors (Lipinski definition) is 2. The van der Waals surface area contributed by atoms with Gasteiger partial charge in [-0.1, -0.05) is 13.2 Å². The van der Waals surface area contributed by atoms with Crippen molar-refractivity contribution in [2.75, 3.05) is 30.4 Å². The van der Waals surface area contributed by atoms with Gasteiger partial charge in [0, 0.05) is 25.2 Å². The quantitative estimate of drug-likeness (QED) is 0.516. The van der Waals surface area contributed by atoms with Crippen molar-refractivity contribution in [3.05, 3.63) is 43.0 Å². The summed E-state index contributed by atoms with van der Waals surface area (Å²) in [5.74, 6) is 1.82. The van der Waals surface area contributed by atoms with E-state index in [0.29, 0.717) is 47.1 Å². The van der Waals surface area contributed by atoms with Gasteiger partial charge in [0.2, 0.25) is 5.95 Å². The first-order valence-corrected chi connectivity index (χ1v) is 10.5. The van der Waals surface area contributed by atoms with E-state index in [-0.39, 0.29) is 6.54 Å². The van der Waals surface area contributed by atoms with Crippen LogP contribution in [0.15, 0.2) is 37.3 Å². The van der Waals surface area contributed by atoms with Crippen LogP contribution in [0.1, 0.15) is 24.5 Å². The Morgan fingerprint density at radius 1 is 1.31 bits per heavy atom. The van der Waals surface area contributed by atoms with Gasteiger partial charge in [0.15, 0.2) is 11.5 Å². The van der Waals surface area contributed by atoms with Crippen LogP contribution in [0.3, 0.4) is 0 Å². The number of nitrogens with one attached hydrogen (secondary N) is 2. The fourth-order valence-electron chi connectivity index (χ4n) is 3.96. The molecule has 2 N–H and O–H groups in total. The molecule has 10 nitrogen and oxygen atoms in total. The highest BCUT2D eigenvalue weighted by Gasteiger charge is 2.35. The number of rotatable bonds is 8. The molecule has 0 bridgehead atoms. The maximum absolute atomic E-state index is 14.7. The maximum atomic E-state index is 14.7. The Morgan fingerprint density at radius 2 is 2.12 bits per heavy atom. The minimum Gasteiger partial charge on any atom is -0.478 e. The van der Waals surface area contributed by atoms with E-state index in [0.717, 1.165) is 18.5 Å². The zero-order valence-electron chi connectivity index (χ0n) is 18.1. The third-order valence-electron chi connectivity index (χ3n) is 5.76. The molecular weight excluding hydrogens is 413 g/mol. The Bertz CT molecular complexity index is 1180. The van der Waals surface area contributed by atoms with Gasteiger partial charge < -0.3 is 20.3 Å². The highest BCUT2D eigenvalue weighted by Crippen LogP contribution is 2.41. The standard InChI is InChI=1S/C21H26FN9O/c1-5-12(2)24-15-11-30(9-14(15)22)21-26-18(25-16-10-29(3)27-20(16)32-4)19-23-8-17(13-6-7-13)31(19)28-21/h5,8,10,13-15,24H,1-2,6-7,9,11H2,3-4H3,(H,25,26,28). The van der Waals surface area contributed by atoms with E-state index in [1.54, 1.807) is 24.1 Å². The molecule has 2 aliphatic rings. The molecule has 0 radical (unpaired) electrons. The third-order valence-corrected chi connectivity index (χ3v) is 5.76. The Labute approximate surface area is 184 Å². The number of methoxy groups -OCH3 is 1. The molecule has 0 amide bonds. The Balaban J connectivity index is 1.52. The van der Waals surface area contributed by atoms with Crippen molar-refractivity contribution in [1.29, 1.82) is 0 Å². The van der Waals surface area contributed by atoms with Crippen LogP contribution in [0.2, 0.25) is 0 Å². The number of aromatic nitrogens is 6. The van der Waals surface area contributed by atoms with E-state index >= 15 is 0 Å². The number of hydrogen-bond acceptors (Lipinski definition) is 8. The highest BCUT2D eigenvalue weighted by atomic mass is 19.1. The first-order valence-electron chi connectivity index (χ1n) is 10.5. The molecule has 2 unspecified atom stereocenters. The molecule has 0 spiro atoms. The van der Waals surface area contributed by atoms with Crippen molar-refractivity contribution in [2.45, 2.75) is 31.0 Å². The highest BCUT2D eigenvalue weighted by molar-refractivity contribution is 5.73. The molecule has 3 aromatic heterocycles. The second-order valence-electron chi connectivity index (χ2n) is 8.21. The normalized spacial score (nSPS) is 20.5. The molecule has 1 saturated heterocycles. The Kier molecular flexibility index (Phi) is 4.95. The van der Waals surface area contributed by atoms with Gasteiger partial charge in [-0.25, -0.2) is 13.9 Å². The van der Waals surface area contributed by atoms with Crippen LogP contribution in [0, 0.1) is 0 Å². The van der Waals surface area contributed by atoms with Crippen molar-refractivity contribution < 1.29 is 9.13 Å². The van der Waals surface area contributed by atoms with Crippen LogP contribution in [0.4, 0.5) is 21.8 Å². The number of alkyl halides is 1. The summed E-state index contributed by atoms with van der Waals surface area (Å²) in [5, 5.41) is 15.4. The predicted octanol–water partition coefficient (Wildman–Crippen LogP) is 2.30. The minimum absolute atomic E-state index is 0.177. The summed E-state index contributed by atoms with van der Waals surface area (Å²) in [5.41, 5.74) is 2.89. The molecule has 2 atom stereocenters. The lowest BCUT2D eigenvalue weighted by atomic mass is 10.2. The number of nitrogens with zero attached hydrogens (tertiary/aromatic N) is 7. The van der Waals surface area contributed by atoms with E-state index in [4.69, 9.17) is 14.8 Å². The van der Waals surface area contributed by atoms with Gasteiger partial charge in [-0.3, -0.25) is 4.68 Å². The lowest BCUT2D eigenvalue weighted by Crippen LogP contribution is -2.36. The van der Waals surface area contributed by atoms with E-state index in [1.165, 1.54) is 0 Å². The summed E-state index contributed by atoms with van der Waals surface area (Å²) in [7, 11) is 3.37. The van der Waals surface area contributed by atoms with Gasteiger partial charge in [-0.2, -0.15) is 4.98 Å². The SMILES string of the molecule is C=CC(=C)NC1CN(c2nc(Nc3cn(C)nc3OC)c3ncc(C4CC4)n3n2)CC1F. The van der Waals surface area contributed by atoms with Crippen LogP contribution in [0.25, 0.3) is 5.65 Å². The summed E-state index contributed by atoms with van der Waals surface area (Å²) < 4.78 is 23.6. The van der Waals surface area contributed by atoms with Gasteiger partial charge in [0.25, 0.3) is 5.88 Å². The second kappa shape index (κ2) is 7.81. The van der Waals surface area contributed by atoms with Crippen LogP contribution in [-0.4, -0.2) is 61.8 Å². The summed E-state index contributed by atoms with van der Waals surface area (Å²) in [6.07, 6.45) is 6.35. The van der Waals surface area contributed by atoms with Gasteiger partial charge in [0.05, 0.1) is 37.8 Å². The number of aryl methyl sites for hydroxylation is 1. The second-order valence-corrected chi connectivity index (χ2v) is 8.21. The number of ether oxygens (including phenoxy) is 1. The van der Waals surface area contributed by atoms with Crippen molar-refractivity contribution in [3.63, 3.8) is 0 Å². The molecule has 1 saturated carbocycles. The molecule has 1 aliphatic carbocycles.